The Morgan fingerprint density at radius 1 is 1.28 bits per heavy atom. The second-order valence-corrected chi connectivity index (χ2v) is 7.81. The van der Waals surface area contributed by atoms with Crippen molar-refractivity contribution in [3.8, 4) is 6.07 Å². The Morgan fingerprint density at radius 2 is 2.00 bits per heavy atom. The quantitative estimate of drug-likeness (QED) is 0.711. The predicted molar refractivity (Wildman–Crippen MR) is 96.6 cm³/mol. The minimum atomic E-state index is -0.327. The Bertz CT molecular complexity index is 492. The number of nitriles is 1. The summed E-state index contributed by atoms with van der Waals surface area (Å²) in [5.74, 6) is 0.968. The average molecular weight is 348 g/mol. The number of hydrogen-bond donors (Lipinski definition) is 1. The fourth-order valence-electron chi connectivity index (χ4n) is 3.79. The van der Waals surface area contributed by atoms with E-state index in [1.54, 1.807) is 4.90 Å². The molecule has 0 unspecified atom stereocenters. The molecule has 2 saturated heterocycles. The summed E-state index contributed by atoms with van der Waals surface area (Å²) in [5.41, 5.74) is 0. The van der Waals surface area contributed by atoms with Crippen LogP contribution in [0, 0.1) is 23.2 Å². The van der Waals surface area contributed by atoms with Crippen LogP contribution in [-0.2, 0) is 9.59 Å². The van der Waals surface area contributed by atoms with Crippen LogP contribution < -0.4 is 5.32 Å². The Kier molecular flexibility index (Phi) is 7.70. The van der Waals surface area contributed by atoms with Crippen LogP contribution >= 0.6 is 0 Å². The number of likely N-dealkylation sites (tertiary alicyclic amines) is 2. The van der Waals surface area contributed by atoms with Crippen LogP contribution in [-0.4, -0.2) is 60.4 Å². The summed E-state index contributed by atoms with van der Waals surface area (Å²) >= 11 is 0. The molecular weight excluding hydrogens is 316 g/mol. The molecule has 0 aromatic heterocycles. The zero-order valence-electron chi connectivity index (χ0n) is 15.7. The minimum absolute atomic E-state index is 0.00315. The van der Waals surface area contributed by atoms with E-state index in [1.807, 2.05) is 0 Å². The third-order valence-corrected chi connectivity index (χ3v) is 5.30. The van der Waals surface area contributed by atoms with E-state index in [2.05, 4.69) is 30.1 Å². The second-order valence-electron chi connectivity index (χ2n) is 7.81. The third kappa shape index (κ3) is 6.00. The van der Waals surface area contributed by atoms with Gasteiger partial charge in [0.25, 0.3) is 0 Å². The molecule has 2 aliphatic heterocycles. The minimum Gasteiger partial charge on any atom is -0.354 e. The summed E-state index contributed by atoms with van der Waals surface area (Å²) in [6, 6.07) is 1.87. The van der Waals surface area contributed by atoms with Crippen LogP contribution in [0.4, 0.5) is 0 Å². The first-order chi connectivity index (χ1) is 12.0. The fraction of sp³-hybridized carbons (Fsp3) is 0.842. The summed E-state index contributed by atoms with van der Waals surface area (Å²) in [5, 5.41) is 11.9. The Hall–Kier alpha value is -1.61. The number of carbonyl (C=O) groups is 2. The molecule has 1 atom stereocenters. The molecule has 6 heteroatoms. The van der Waals surface area contributed by atoms with Gasteiger partial charge < -0.3 is 10.2 Å². The number of carbonyl (C=O) groups excluding carboxylic acids is 2. The van der Waals surface area contributed by atoms with Crippen LogP contribution in [0.2, 0.25) is 0 Å². The van der Waals surface area contributed by atoms with Gasteiger partial charge in [-0.05, 0) is 57.0 Å². The van der Waals surface area contributed by atoms with Crippen molar-refractivity contribution in [2.45, 2.75) is 58.4 Å². The Balaban J connectivity index is 1.85. The van der Waals surface area contributed by atoms with Crippen molar-refractivity contribution < 1.29 is 9.59 Å². The van der Waals surface area contributed by atoms with E-state index >= 15 is 0 Å². The number of amides is 2. The number of hydrogen-bond acceptors (Lipinski definition) is 4. The average Bonchev–Trinajstić information content (AvgIpc) is 2.59. The Morgan fingerprint density at radius 3 is 2.60 bits per heavy atom. The second kappa shape index (κ2) is 9.76. The lowest BCUT2D eigenvalue weighted by Crippen LogP contribution is -2.52. The summed E-state index contributed by atoms with van der Waals surface area (Å²) in [6.45, 7) is 7.92. The maximum atomic E-state index is 12.8. The molecule has 2 heterocycles. The molecule has 25 heavy (non-hydrogen) atoms. The fourth-order valence-corrected chi connectivity index (χ4v) is 3.79. The molecule has 0 bridgehead atoms. The van der Waals surface area contributed by atoms with Gasteiger partial charge in [0.15, 0.2) is 0 Å². The summed E-state index contributed by atoms with van der Waals surface area (Å²) in [7, 11) is 0. The lowest BCUT2D eigenvalue weighted by atomic mass is 9.95. The number of rotatable bonds is 7. The molecule has 2 fully saturated rings. The van der Waals surface area contributed by atoms with Gasteiger partial charge in [0, 0.05) is 19.5 Å². The van der Waals surface area contributed by atoms with Crippen molar-refractivity contribution in [1.29, 1.82) is 5.26 Å². The molecular formula is C19H32N4O2. The third-order valence-electron chi connectivity index (χ3n) is 5.30. The molecule has 140 valence electrons. The SMILES string of the molecule is CC(C)C[C@H](C(=O)NCC1CCN(CC#N)CC1)N1CCCCC1=O. The van der Waals surface area contributed by atoms with Gasteiger partial charge in [-0.1, -0.05) is 13.8 Å². The lowest BCUT2D eigenvalue weighted by molar-refractivity contribution is -0.143. The molecule has 1 N–H and O–H groups in total. The highest BCUT2D eigenvalue weighted by Crippen LogP contribution is 2.20. The molecule has 6 nitrogen and oxygen atoms in total. The monoisotopic (exact) mass is 348 g/mol. The van der Waals surface area contributed by atoms with Crippen LogP contribution in [0.1, 0.15) is 52.4 Å². The van der Waals surface area contributed by atoms with Gasteiger partial charge in [-0.2, -0.15) is 5.26 Å². The van der Waals surface area contributed by atoms with Crippen LogP contribution in [0.15, 0.2) is 0 Å². The molecule has 0 aromatic rings. The molecule has 0 aromatic carbocycles. The van der Waals surface area contributed by atoms with E-state index in [-0.39, 0.29) is 17.9 Å². The van der Waals surface area contributed by atoms with E-state index in [0.29, 0.717) is 37.9 Å². The first-order valence-electron chi connectivity index (χ1n) is 9.67. The van der Waals surface area contributed by atoms with Gasteiger partial charge in [-0.25, -0.2) is 0 Å². The summed E-state index contributed by atoms with van der Waals surface area (Å²) in [4.78, 5) is 29.0. The van der Waals surface area contributed by atoms with Crippen molar-refractivity contribution in [3.63, 3.8) is 0 Å². The molecule has 0 radical (unpaired) electrons. The van der Waals surface area contributed by atoms with Crippen molar-refractivity contribution in [2.75, 3.05) is 32.7 Å². The van der Waals surface area contributed by atoms with Gasteiger partial charge in [0.2, 0.25) is 11.8 Å². The topological polar surface area (TPSA) is 76.4 Å². The van der Waals surface area contributed by atoms with E-state index in [4.69, 9.17) is 5.26 Å². The van der Waals surface area contributed by atoms with Crippen LogP contribution in [0.25, 0.3) is 0 Å². The van der Waals surface area contributed by atoms with Crippen molar-refractivity contribution in [3.05, 3.63) is 0 Å². The molecule has 0 spiro atoms. The first kappa shape index (κ1) is 19.7. The zero-order valence-corrected chi connectivity index (χ0v) is 15.7. The van der Waals surface area contributed by atoms with E-state index in [1.165, 1.54) is 0 Å². The van der Waals surface area contributed by atoms with Gasteiger partial charge in [0.05, 0.1) is 12.6 Å². The number of nitrogens with zero attached hydrogens (tertiary/aromatic N) is 3. The smallest absolute Gasteiger partial charge is 0.242 e. The standard InChI is InChI=1S/C19H32N4O2/c1-15(2)13-17(23-9-4-3-5-18(23)24)19(25)21-14-16-6-10-22(11-7-16)12-8-20/h15-17H,3-7,9-14H2,1-2H3,(H,21,25)/t17-/m1/s1. The summed E-state index contributed by atoms with van der Waals surface area (Å²) < 4.78 is 0. The Labute approximate surface area is 151 Å². The molecule has 0 aliphatic carbocycles. The maximum Gasteiger partial charge on any atom is 0.242 e. The van der Waals surface area contributed by atoms with Gasteiger partial charge in [0.1, 0.15) is 6.04 Å². The largest absolute Gasteiger partial charge is 0.354 e. The van der Waals surface area contributed by atoms with Crippen molar-refractivity contribution >= 4 is 11.8 Å². The van der Waals surface area contributed by atoms with Gasteiger partial charge >= 0.3 is 0 Å². The van der Waals surface area contributed by atoms with Crippen molar-refractivity contribution in [2.24, 2.45) is 11.8 Å². The zero-order chi connectivity index (χ0) is 18.2. The van der Waals surface area contributed by atoms with E-state index in [0.717, 1.165) is 45.2 Å². The van der Waals surface area contributed by atoms with Crippen LogP contribution in [0.5, 0.6) is 0 Å². The number of piperidine rings is 2. The molecule has 2 rings (SSSR count). The number of nitrogens with one attached hydrogen (secondary N) is 1. The maximum absolute atomic E-state index is 12.8. The predicted octanol–water partition coefficient (Wildman–Crippen LogP) is 1.77. The van der Waals surface area contributed by atoms with E-state index < -0.39 is 0 Å². The summed E-state index contributed by atoms with van der Waals surface area (Å²) in [6.07, 6.45) is 5.24. The normalized spacial score (nSPS) is 21.2. The van der Waals surface area contributed by atoms with Gasteiger partial charge in [-0.3, -0.25) is 14.5 Å². The van der Waals surface area contributed by atoms with E-state index in [9.17, 15) is 9.59 Å². The highest BCUT2D eigenvalue weighted by atomic mass is 16.2. The van der Waals surface area contributed by atoms with Crippen LogP contribution in [0.3, 0.4) is 0 Å². The molecule has 2 aliphatic rings. The molecule has 2 amide bonds. The lowest BCUT2D eigenvalue weighted by Gasteiger charge is -2.35. The highest BCUT2D eigenvalue weighted by molar-refractivity contribution is 5.88. The highest BCUT2D eigenvalue weighted by Gasteiger charge is 2.32. The first-order valence-corrected chi connectivity index (χ1v) is 9.67. The van der Waals surface area contributed by atoms with Gasteiger partial charge in [-0.15, -0.1) is 0 Å². The molecule has 0 saturated carbocycles. The van der Waals surface area contributed by atoms with Crippen molar-refractivity contribution in [1.82, 2.24) is 15.1 Å².